The van der Waals surface area contributed by atoms with Gasteiger partial charge in [-0.1, -0.05) is 0 Å². The van der Waals surface area contributed by atoms with Crippen LogP contribution in [0.2, 0.25) is 0 Å². The summed E-state index contributed by atoms with van der Waals surface area (Å²) in [6, 6.07) is 12.3. The van der Waals surface area contributed by atoms with Crippen molar-refractivity contribution in [3.63, 3.8) is 0 Å². The van der Waals surface area contributed by atoms with E-state index in [0.717, 1.165) is 23.2 Å². The molecule has 32 heavy (non-hydrogen) atoms. The molecule has 0 unspecified atom stereocenters. The topological polar surface area (TPSA) is 60.5 Å². The van der Waals surface area contributed by atoms with Gasteiger partial charge in [0, 0.05) is 41.8 Å². The highest BCUT2D eigenvalue weighted by molar-refractivity contribution is 5.94. The Morgan fingerprint density at radius 3 is 2.69 bits per heavy atom. The fraction of sp³-hybridized carbons (Fsp3) is 0.250. The fourth-order valence-electron chi connectivity index (χ4n) is 3.61. The monoisotopic (exact) mass is 442 g/mol. The van der Waals surface area contributed by atoms with E-state index in [1.54, 1.807) is 19.1 Å². The standard InChI is InChI=1S/C24H21F3N2O3/c1-14-12-17(4-7-20(14)32-24(26)27)23(30)28-10-8-19-13-16-9-11-31-22(16)21(29-19)15-2-5-18(25)6-3-15/h2-7,12-13,24H,8-11H2,1H3,(H,28,30). The van der Waals surface area contributed by atoms with Gasteiger partial charge in [0.15, 0.2) is 0 Å². The largest absolute Gasteiger partial charge is 0.491 e. The van der Waals surface area contributed by atoms with Crippen LogP contribution in [0.3, 0.4) is 0 Å². The summed E-state index contributed by atoms with van der Waals surface area (Å²) in [5.74, 6) is 0.106. The smallest absolute Gasteiger partial charge is 0.387 e. The van der Waals surface area contributed by atoms with Crippen molar-refractivity contribution in [1.82, 2.24) is 10.3 Å². The van der Waals surface area contributed by atoms with Crippen molar-refractivity contribution in [1.29, 1.82) is 0 Å². The maximum absolute atomic E-state index is 13.3. The first kappa shape index (κ1) is 21.7. The third-order valence-corrected chi connectivity index (χ3v) is 5.16. The number of nitrogens with one attached hydrogen (secondary N) is 1. The molecule has 0 aliphatic carbocycles. The Hall–Kier alpha value is -3.55. The van der Waals surface area contributed by atoms with Crippen LogP contribution in [0.1, 0.15) is 27.2 Å². The number of fused-ring (bicyclic) bond motifs is 1. The number of hydrogen-bond donors (Lipinski definition) is 1. The molecular weight excluding hydrogens is 421 g/mol. The van der Waals surface area contributed by atoms with Crippen LogP contribution < -0.4 is 14.8 Å². The molecule has 1 aliphatic rings. The lowest BCUT2D eigenvalue weighted by Crippen LogP contribution is -2.26. The lowest BCUT2D eigenvalue weighted by molar-refractivity contribution is -0.0502. The Labute approximate surface area is 183 Å². The van der Waals surface area contributed by atoms with E-state index in [0.29, 0.717) is 42.1 Å². The second kappa shape index (κ2) is 9.30. The Morgan fingerprint density at radius 1 is 1.19 bits per heavy atom. The van der Waals surface area contributed by atoms with Crippen LogP contribution in [0, 0.1) is 12.7 Å². The fourth-order valence-corrected chi connectivity index (χ4v) is 3.61. The van der Waals surface area contributed by atoms with Crippen molar-refractivity contribution in [2.24, 2.45) is 0 Å². The van der Waals surface area contributed by atoms with E-state index in [2.05, 4.69) is 15.0 Å². The molecule has 2 heterocycles. The Morgan fingerprint density at radius 2 is 1.97 bits per heavy atom. The number of benzene rings is 2. The van der Waals surface area contributed by atoms with Gasteiger partial charge < -0.3 is 14.8 Å². The number of aryl methyl sites for hydroxylation is 1. The number of halogens is 3. The van der Waals surface area contributed by atoms with E-state index in [4.69, 9.17) is 4.74 Å². The third kappa shape index (κ3) is 4.85. The van der Waals surface area contributed by atoms with E-state index in [1.807, 2.05) is 6.07 Å². The molecule has 166 valence electrons. The van der Waals surface area contributed by atoms with Gasteiger partial charge in [-0.25, -0.2) is 9.37 Å². The number of nitrogens with zero attached hydrogens (tertiary/aromatic N) is 1. The number of pyridine rings is 1. The molecule has 5 nitrogen and oxygen atoms in total. The number of alkyl halides is 2. The first-order valence-electron chi connectivity index (χ1n) is 10.2. The van der Waals surface area contributed by atoms with Crippen LogP contribution in [0.25, 0.3) is 11.3 Å². The number of aromatic nitrogens is 1. The number of hydrogen-bond acceptors (Lipinski definition) is 4. The zero-order valence-corrected chi connectivity index (χ0v) is 17.3. The van der Waals surface area contributed by atoms with E-state index in [1.165, 1.54) is 30.3 Å². The lowest BCUT2D eigenvalue weighted by Gasteiger charge is -2.12. The predicted molar refractivity (Wildman–Crippen MR) is 113 cm³/mol. The molecular formula is C24H21F3N2O3. The van der Waals surface area contributed by atoms with Crippen molar-refractivity contribution >= 4 is 5.91 Å². The minimum absolute atomic E-state index is 0.0365. The molecule has 1 aliphatic heterocycles. The number of rotatable bonds is 7. The molecule has 1 aromatic heterocycles. The minimum atomic E-state index is -2.92. The molecule has 0 saturated heterocycles. The molecule has 0 bridgehead atoms. The van der Waals surface area contributed by atoms with Crippen LogP contribution in [-0.4, -0.2) is 30.7 Å². The van der Waals surface area contributed by atoms with Crippen molar-refractivity contribution in [2.75, 3.05) is 13.2 Å². The second-order valence-electron chi connectivity index (χ2n) is 7.42. The summed E-state index contributed by atoms with van der Waals surface area (Å²) >= 11 is 0. The predicted octanol–water partition coefficient (Wildman–Crippen LogP) is 4.70. The SMILES string of the molecule is Cc1cc(C(=O)NCCc2cc3c(c(-c4ccc(F)cc4)n2)OCC3)ccc1OC(F)F. The van der Waals surface area contributed by atoms with Crippen molar-refractivity contribution in [2.45, 2.75) is 26.4 Å². The molecule has 1 amide bonds. The first-order chi connectivity index (χ1) is 15.4. The number of carbonyl (C=O) groups is 1. The molecule has 3 aromatic rings. The van der Waals surface area contributed by atoms with Crippen molar-refractivity contribution in [3.05, 3.63) is 76.7 Å². The lowest BCUT2D eigenvalue weighted by atomic mass is 10.0. The second-order valence-corrected chi connectivity index (χ2v) is 7.42. The summed E-state index contributed by atoms with van der Waals surface area (Å²) in [6.45, 7) is -0.417. The molecule has 0 radical (unpaired) electrons. The average Bonchev–Trinajstić information content (AvgIpc) is 3.23. The zero-order valence-electron chi connectivity index (χ0n) is 17.3. The van der Waals surface area contributed by atoms with E-state index < -0.39 is 6.61 Å². The van der Waals surface area contributed by atoms with E-state index >= 15 is 0 Å². The molecule has 0 atom stereocenters. The van der Waals surface area contributed by atoms with Crippen LogP contribution in [-0.2, 0) is 12.8 Å². The molecule has 4 rings (SSSR count). The van der Waals surface area contributed by atoms with Gasteiger partial charge in [0.1, 0.15) is 23.0 Å². The van der Waals surface area contributed by atoms with Gasteiger partial charge in [-0.2, -0.15) is 8.78 Å². The quantitative estimate of drug-likeness (QED) is 0.576. The number of amides is 1. The maximum atomic E-state index is 13.3. The summed E-state index contributed by atoms with van der Waals surface area (Å²) in [4.78, 5) is 17.1. The highest BCUT2D eigenvalue weighted by atomic mass is 19.3. The van der Waals surface area contributed by atoms with Crippen LogP contribution in [0.15, 0.2) is 48.5 Å². The molecule has 0 spiro atoms. The summed E-state index contributed by atoms with van der Waals surface area (Å²) in [7, 11) is 0. The normalized spacial score (nSPS) is 12.4. The number of carbonyl (C=O) groups excluding carboxylic acids is 1. The Bertz CT molecular complexity index is 1130. The average molecular weight is 442 g/mol. The molecule has 0 saturated carbocycles. The number of ether oxygens (including phenoxy) is 2. The summed E-state index contributed by atoms with van der Waals surface area (Å²) < 4.78 is 48.2. The van der Waals surface area contributed by atoms with Gasteiger partial charge >= 0.3 is 6.61 Å². The summed E-state index contributed by atoms with van der Waals surface area (Å²) in [5, 5.41) is 2.82. The van der Waals surface area contributed by atoms with Crippen molar-refractivity contribution in [3.8, 4) is 22.8 Å². The van der Waals surface area contributed by atoms with Gasteiger partial charge in [0.25, 0.3) is 5.91 Å². The first-order valence-corrected chi connectivity index (χ1v) is 10.2. The van der Waals surface area contributed by atoms with Gasteiger partial charge in [-0.15, -0.1) is 0 Å². The zero-order chi connectivity index (χ0) is 22.7. The van der Waals surface area contributed by atoms with Crippen LogP contribution >= 0.6 is 0 Å². The van der Waals surface area contributed by atoms with Gasteiger partial charge in [0.2, 0.25) is 0 Å². The Balaban J connectivity index is 1.44. The highest BCUT2D eigenvalue weighted by Gasteiger charge is 2.20. The maximum Gasteiger partial charge on any atom is 0.387 e. The van der Waals surface area contributed by atoms with Crippen LogP contribution in [0.5, 0.6) is 11.5 Å². The van der Waals surface area contributed by atoms with E-state index in [-0.39, 0.29) is 17.5 Å². The van der Waals surface area contributed by atoms with Crippen molar-refractivity contribution < 1.29 is 27.4 Å². The molecule has 1 N–H and O–H groups in total. The highest BCUT2D eigenvalue weighted by Crippen LogP contribution is 2.36. The Kier molecular flexibility index (Phi) is 6.30. The minimum Gasteiger partial charge on any atom is -0.491 e. The van der Waals surface area contributed by atoms with Gasteiger partial charge in [0.05, 0.1) is 6.61 Å². The van der Waals surface area contributed by atoms with Crippen LogP contribution in [0.4, 0.5) is 13.2 Å². The van der Waals surface area contributed by atoms with E-state index in [9.17, 15) is 18.0 Å². The third-order valence-electron chi connectivity index (χ3n) is 5.16. The summed E-state index contributed by atoms with van der Waals surface area (Å²) in [5.41, 5.74) is 4.04. The van der Waals surface area contributed by atoms with Gasteiger partial charge in [-0.3, -0.25) is 4.79 Å². The van der Waals surface area contributed by atoms with Gasteiger partial charge in [-0.05, 0) is 61.0 Å². The molecule has 0 fully saturated rings. The summed E-state index contributed by atoms with van der Waals surface area (Å²) in [6.07, 6.45) is 1.25. The molecule has 8 heteroatoms. The molecule has 2 aromatic carbocycles.